The molecule has 0 atom stereocenters. The summed E-state index contributed by atoms with van der Waals surface area (Å²) in [6.07, 6.45) is 2.03. The van der Waals surface area contributed by atoms with Gasteiger partial charge < -0.3 is 9.88 Å². The van der Waals surface area contributed by atoms with Crippen LogP contribution in [0.5, 0.6) is 0 Å². The fraction of sp³-hybridized carbons (Fsp3) is 0.500. The second kappa shape index (κ2) is 6.51. The molecule has 0 bridgehead atoms. The number of hydrogen-bond donors (Lipinski definition) is 1. The Morgan fingerprint density at radius 2 is 2.29 bits per heavy atom. The van der Waals surface area contributed by atoms with Crippen LogP contribution in [-0.2, 0) is 6.54 Å². The molecule has 0 aliphatic rings. The van der Waals surface area contributed by atoms with E-state index in [1.165, 1.54) is 16.8 Å². The van der Waals surface area contributed by atoms with Crippen molar-refractivity contribution in [2.75, 3.05) is 13.1 Å². The van der Waals surface area contributed by atoms with Gasteiger partial charge >= 0.3 is 0 Å². The van der Waals surface area contributed by atoms with E-state index in [1.807, 2.05) is 6.92 Å². The number of nitrogens with one attached hydrogen (secondary N) is 1. The van der Waals surface area contributed by atoms with Gasteiger partial charge in [-0.3, -0.25) is 14.9 Å². The van der Waals surface area contributed by atoms with E-state index in [-0.39, 0.29) is 15.7 Å². The first-order valence-electron chi connectivity index (χ1n) is 5.31. The molecule has 0 aromatic carbocycles. The van der Waals surface area contributed by atoms with Crippen LogP contribution in [-0.4, -0.2) is 22.6 Å². The zero-order valence-electron chi connectivity index (χ0n) is 9.48. The van der Waals surface area contributed by atoms with Crippen molar-refractivity contribution in [3.05, 3.63) is 37.2 Å². The Balaban J connectivity index is 2.83. The van der Waals surface area contributed by atoms with Crippen LogP contribution in [0.3, 0.4) is 0 Å². The Labute approximate surface area is 107 Å². The van der Waals surface area contributed by atoms with Gasteiger partial charge in [0.2, 0.25) is 0 Å². The van der Waals surface area contributed by atoms with E-state index in [1.54, 1.807) is 0 Å². The number of aromatic nitrogens is 1. The van der Waals surface area contributed by atoms with E-state index in [9.17, 15) is 14.9 Å². The summed E-state index contributed by atoms with van der Waals surface area (Å²) < 4.78 is 1.58. The summed E-state index contributed by atoms with van der Waals surface area (Å²) >= 11 is 3.03. The molecule has 1 heterocycles. The lowest BCUT2D eigenvalue weighted by Gasteiger charge is -2.06. The average Bonchev–Trinajstić information content (AvgIpc) is 2.29. The molecule has 7 heteroatoms. The van der Waals surface area contributed by atoms with Crippen LogP contribution in [0.1, 0.15) is 13.3 Å². The van der Waals surface area contributed by atoms with Gasteiger partial charge in [0.15, 0.2) is 0 Å². The van der Waals surface area contributed by atoms with Gasteiger partial charge in [-0.25, -0.2) is 0 Å². The summed E-state index contributed by atoms with van der Waals surface area (Å²) in [4.78, 5) is 21.8. The highest BCUT2D eigenvalue weighted by Crippen LogP contribution is 2.14. The molecule has 0 radical (unpaired) electrons. The number of nitrogens with zero attached hydrogens (tertiary/aromatic N) is 2. The van der Waals surface area contributed by atoms with Crippen LogP contribution in [0.4, 0.5) is 5.69 Å². The minimum atomic E-state index is -0.509. The van der Waals surface area contributed by atoms with Crippen molar-refractivity contribution in [2.24, 2.45) is 0 Å². The molecule has 0 unspecified atom stereocenters. The molecule has 1 aromatic heterocycles. The second-order valence-electron chi connectivity index (χ2n) is 3.51. The molecular formula is C10H14BrN3O3. The van der Waals surface area contributed by atoms with Gasteiger partial charge in [0.25, 0.3) is 11.2 Å². The number of pyridine rings is 1. The molecule has 0 aliphatic heterocycles. The summed E-state index contributed by atoms with van der Waals surface area (Å²) in [5.41, 5.74) is -0.327. The van der Waals surface area contributed by atoms with E-state index < -0.39 is 4.92 Å². The van der Waals surface area contributed by atoms with Crippen molar-refractivity contribution in [3.63, 3.8) is 0 Å². The molecule has 1 N–H and O–H groups in total. The monoisotopic (exact) mass is 303 g/mol. The van der Waals surface area contributed by atoms with Crippen molar-refractivity contribution >= 4 is 21.6 Å². The predicted octanol–water partition coefficient (Wildman–Crippen LogP) is 1.52. The third kappa shape index (κ3) is 3.94. The third-order valence-corrected chi connectivity index (χ3v) is 2.81. The predicted molar refractivity (Wildman–Crippen MR) is 68.2 cm³/mol. The molecule has 1 aromatic rings. The van der Waals surface area contributed by atoms with E-state index in [0.29, 0.717) is 6.54 Å². The van der Waals surface area contributed by atoms with Crippen molar-refractivity contribution in [3.8, 4) is 0 Å². The number of aryl methyl sites for hydroxylation is 1. The molecule has 0 saturated heterocycles. The Bertz CT molecular complexity index is 459. The number of hydrogen-bond acceptors (Lipinski definition) is 4. The highest BCUT2D eigenvalue weighted by molar-refractivity contribution is 9.10. The lowest BCUT2D eigenvalue weighted by Crippen LogP contribution is -2.23. The van der Waals surface area contributed by atoms with Crippen molar-refractivity contribution in [1.82, 2.24) is 9.88 Å². The first-order valence-corrected chi connectivity index (χ1v) is 6.10. The van der Waals surface area contributed by atoms with Gasteiger partial charge in [0.1, 0.15) is 0 Å². The molecule has 0 amide bonds. The number of rotatable bonds is 6. The summed E-state index contributed by atoms with van der Waals surface area (Å²) in [6, 6.07) is 1.23. The van der Waals surface area contributed by atoms with Gasteiger partial charge in [0.05, 0.1) is 15.6 Å². The van der Waals surface area contributed by atoms with Crippen molar-refractivity contribution in [1.29, 1.82) is 0 Å². The minimum absolute atomic E-state index is 0.0834. The lowest BCUT2D eigenvalue weighted by atomic mass is 10.3. The standard InChI is InChI=1S/C10H14BrN3O3/c1-2-12-4-3-5-13-7-8(14(16)17)6-9(11)10(13)15/h6-7,12H,2-5H2,1H3. The summed E-state index contributed by atoms with van der Waals surface area (Å²) in [6.45, 7) is 4.11. The van der Waals surface area contributed by atoms with Crippen LogP contribution in [0, 0.1) is 10.1 Å². The van der Waals surface area contributed by atoms with Crippen LogP contribution in [0.2, 0.25) is 0 Å². The highest BCUT2D eigenvalue weighted by Gasteiger charge is 2.11. The molecule has 0 saturated carbocycles. The lowest BCUT2D eigenvalue weighted by molar-refractivity contribution is -0.385. The van der Waals surface area contributed by atoms with Gasteiger partial charge in [-0.05, 0) is 35.4 Å². The van der Waals surface area contributed by atoms with Crippen LogP contribution in [0.15, 0.2) is 21.5 Å². The average molecular weight is 304 g/mol. The smallest absolute Gasteiger partial charge is 0.286 e. The fourth-order valence-corrected chi connectivity index (χ4v) is 1.86. The largest absolute Gasteiger partial charge is 0.317 e. The number of nitro groups is 1. The Kier molecular flexibility index (Phi) is 5.30. The topological polar surface area (TPSA) is 77.2 Å². The Hall–Kier alpha value is -1.21. The van der Waals surface area contributed by atoms with E-state index in [4.69, 9.17) is 0 Å². The van der Waals surface area contributed by atoms with Gasteiger partial charge in [-0.1, -0.05) is 6.92 Å². The van der Waals surface area contributed by atoms with Gasteiger partial charge in [-0.2, -0.15) is 0 Å². The highest BCUT2D eigenvalue weighted by atomic mass is 79.9. The molecule has 6 nitrogen and oxygen atoms in total. The van der Waals surface area contributed by atoms with Crippen molar-refractivity contribution < 1.29 is 4.92 Å². The molecule has 0 fully saturated rings. The quantitative estimate of drug-likeness (QED) is 0.491. The molecule has 1 rings (SSSR count). The maximum absolute atomic E-state index is 11.7. The van der Waals surface area contributed by atoms with Gasteiger partial charge in [-0.15, -0.1) is 0 Å². The van der Waals surface area contributed by atoms with E-state index in [0.717, 1.165) is 19.5 Å². The third-order valence-electron chi connectivity index (χ3n) is 2.24. The Morgan fingerprint density at radius 1 is 1.59 bits per heavy atom. The van der Waals surface area contributed by atoms with Crippen LogP contribution < -0.4 is 10.9 Å². The maximum Gasteiger partial charge on any atom is 0.286 e. The van der Waals surface area contributed by atoms with Gasteiger partial charge in [0, 0.05) is 12.6 Å². The van der Waals surface area contributed by atoms with Crippen LogP contribution in [0.25, 0.3) is 0 Å². The molecule has 17 heavy (non-hydrogen) atoms. The normalized spacial score (nSPS) is 10.5. The summed E-state index contributed by atoms with van der Waals surface area (Å²) in [5.74, 6) is 0. The van der Waals surface area contributed by atoms with E-state index >= 15 is 0 Å². The van der Waals surface area contributed by atoms with Crippen LogP contribution >= 0.6 is 15.9 Å². The van der Waals surface area contributed by atoms with E-state index in [2.05, 4.69) is 21.2 Å². The first-order chi connectivity index (χ1) is 8.06. The fourth-order valence-electron chi connectivity index (χ4n) is 1.40. The summed E-state index contributed by atoms with van der Waals surface area (Å²) in [7, 11) is 0. The zero-order valence-corrected chi connectivity index (χ0v) is 11.1. The second-order valence-corrected chi connectivity index (χ2v) is 4.36. The first kappa shape index (κ1) is 13.9. The molecule has 0 spiro atoms. The summed E-state index contributed by atoms with van der Waals surface area (Å²) in [5, 5.41) is 13.8. The minimum Gasteiger partial charge on any atom is -0.317 e. The molecule has 94 valence electrons. The maximum atomic E-state index is 11.7. The Morgan fingerprint density at radius 3 is 2.88 bits per heavy atom. The van der Waals surface area contributed by atoms with Crippen molar-refractivity contribution in [2.45, 2.75) is 19.9 Å². The molecular weight excluding hydrogens is 290 g/mol. The number of halogens is 1. The SMILES string of the molecule is CCNCCCn1cc([N+](=O)[O-])cc(Br)c1=O. The molecule has 0 aliphatic carbocycles. The zero-order chi connectivity index (χ0) is 12.8.